The molecule has 0 spiro atoms. The number of carbonyl (C=O) groups is 1. The average Bonchev–Trinajstić information content (AvgIpc) is 2.75. The van der Waals surface area contributed by atoms with Crippen LogP contribution in [0, 0.1) is 0 Å². The van der Waals surface area contributed by atoms with E-state index in [0.29, 0.717) is 15.0 Å². The molecule has 0 unspecified atom stereocenters. The molecule has 78 valence electrons. The molecule has 0 atom stereocenters. The van der Waals surface area contributed by atoms with Crippen molar-refractivity contribution in [2.45, 2.75) is 0 Å². The van der Waals surface area contributed by atoms with Crippen LogP contribution in [0.25, 0.3) is 0 Å². The van der Waals surface area contributed by atoms with Crippen LogP contribution in [0.3, 0.4) is 0 Å². The summed E-state index contributed by atoms with van der Waals surface area (Å²) in [5.41, 5.74) is 0. The van der Waals surface area contributed by atoms with Gasteiger partial charge in [0.05, 0.1) is 15.0 Å². The molecule has 15 heavy (non-hydrogen) atoms. The normalized spacial score (nSPS) is 10.3. The number of aromatic nitrogens is 1. The van der Waals surface area contributed by atoms with Gasteiger partial charge in [-0.2, -0.15) is 0 Å². The van der Waals surface area contributed by atoms with Crippen LogP contribution in [0.5, 0.6) is 0 Å². The molecule has 1 N–H and O–H groups in total. The highest BCUT2D eigenvalue weighted by atomic mass is 79.9. The number of halogens is 2. The summed E-state index contributed by atoms with van der Waals surface area (Å²) in [4.78, 5) is 16.2. The van der Waals surface area contributed by atoms with Crippen LogP contribution in [0.4, 0.5) is 5.13 Å². The minimum Gasteiger partial charge on any atom is -0.297 e. The molecule has 0 aliphatic carbocycles. The number of rotatable bonds is 2. The van der Waals surface area contributed by atoms with E-state index in [0.717, 1.165) is 3.79 Å². The van der Waals surface area contributed by atoms with E-state index in [1.807, 2.05) is 0 Å². The molecule has 0 aliphatic rings. The Morgan fingerprint density at radius 2 is 2.40 bits per heavy atom. The fourth-order valence-electron chi connectivity index (χ4n) is 0.922. The smallest absolute Gasteiger partial charge is 0.269 e. The number of hydrogen-bond donors (Lipinski definition) is 1. The number of thiazole rings is 1. The van der Waals surface area contributed by atoms with Crippen molar-refractivity contribution in [1.29, 1.82) is 0 Å². The van der Waals surface area contributed by atoms with Gasteiger partial charge in [-0.1, -0.05) is 22.9 Å². The van der Waals surface area contributed by atoms with Crippen molar-refractivity contribution in [3.05, 3.63) is 31.3 Å². The van der Waals surface area contributed by atoms with Gasteiger partial charge >= 0.3 is 0 Å². The van der Waals surface area contributed by atoms with E-state index >= 15 is 0 Å². The summed E-state index contributed by atoms with van der Waals surface area (Å²) in [7, 11) is 0. The lowest BCUT2D eigenvalue weighted by atomic mass is 10.4. The summed E-state index contributed by atoms with van der Waals surface area (Å²) in [5, 5.41) is 5.46. The Kier molecular flexibility index (Phi) is 3.40. The first-order valence-corrected chi connectivity index (χ1v) is 6.69. The molecular formula is C8H4BrClN2OS2. The van der Waals surface area contributed by atoms with Gasteiger partial charge in [0.15, 0.2) is 5.13 Å². The molecule has 1 amide bonds. The molecule has 0 saturated heterocycles. The summed E-state index contributed by atoms with van der Waals surface area (Å²) in [6, 6.07) is 1.69. The van der Waals surface area contributed by atoms with Gasteiger partial charge in [-0.3, -0.25) is 10.1 Å². The van der Waals surface area contributed by atoms with Gasteiger partial charge in [-0.25, -0.2) is 4.98 Å². The second-order valence-corrected chi connectivity index (χ2v) is 6.25. The topological polar surface area (TPSA) is 42.0 Å². The van der Waals surface area contributed by atoms with Crippen molar-refractivity contribution in [3.8, 4) is 0 Å². The van der Waals surface area contributed by atoms with Gasteiger partial charge in [0.2, 0.25) is 0 Å². The molecule has 2 aromatic rings. The van der Waals surface area contributed by atoms with Crippen LogP contribution >= 0.6 is 50.2 Å². The third kappa shape index (κ3) is 2.57. The van der Waals surface area contributed by atoms with E-state index in [4.69, 9.17) is 11.6 Å². The van der Waals surface area contributed by atoms with Crippen LogP contribution < -0.4 is 5.32 Å². The first-order valence-electron chi connectivity index (χ1n) is 3.82. The number of nitrogens with one attached hydrogen (secondary N) is 1. The van der Waals surface area contributed by atoms with Crippen molar-refractivity contribution < 1.29 is 4.79 Å². The first kappa shape index (κ1) is 11.1. The van der Waals surface area contributed by atoms with Crippen LogP contribution in [0.2, 0.25) is 5.02 Å². The number of amides is 1. The highest BCUT2D eigenvalue weighted by Gasteiger charge is 2.13. The number of anilines is 1. The Morgan fingerprint density at radius 3 is 2.93 bits per heavy atom. The van der Waals surface area contributed by atoms with E-state index < -0.39 is 0 Å². The highest BCUT2D eigenvalue weighted by molar-refractivity contribution is 9.11. The molecule has 3 nitrogen and oxygen atoms in total. The largest absolute Gasteiger partial charge is 0.297 e. The third-order valence-corrected chi connectivity index (χ3v) is 4.25. The minimum atomic E-state index is -0.225. The fourth-order valence-corrected chi connectivity index (χ4v) is 3.06. The van der Waals surface area contributed by atoms with E-state index in [2.05, 4.69) is 26.2 Å². The lowest BCUT2D eigenvalue weighted by Gasteiger charge is -1.98. The van der Waals surface area contributed by atoms with Gasteiger partial charge in [-0.15, -0.1) is 11.3 Å². The zero-order valence-corrected chi connectivity index (χ0v) is 11.1. The molecule has 2 heterocycles. The van der Waals surface area contributed by atoms with Gasteiger partial charge < -0.3 is 0 Å². The van der Waals surface area contributed by atoms with E-state index in [1.54, 1.807) is 17.6 Å². The van der Waals surface area contributed by atoms with Crippen molar-refractivity contribution in [3.63, 3.8) is 0 Å². The predicted octanol–water partition coefficient (Wildman–Crippen LogP) is 3.87. The fraction of sp³-hybridized carbons (Fsp3) is 0. The van der Waals surface area contributed by atoms with Crippen molar-refractivity contribution in [2.24, 2.45) is 0 Å². The minimum absolute atomic E-state index is 0.225. The second-order valence-electron chi connectivity index (χ2n) is 2.52. The van der Waals surface area contributed by atoms with E-state index in [-0.39, 0.29) is 5.91 Å². The molecule has 0 aliphatic heterocycles. The molecule has 2 aromatic heterocycles. The molecule has 0 saturated carbocycles. The Hall–Kier alpha value is -0.430. The monoisotopic (exact) mass is 322 g/mol. The Labute approximate surface area is 107 Å². The van der Waals surface area contributed by atoms with Gasteiger partial charge in [0.1, 0.15) is 4.88 Å². The maximum atomic E-state index is 11.7. The zero-order chi connectivity index (χ0) is 10.8. The van der Waals surface area contributed by atoms with Gasteiger partial charge in [0, 0.05) is 0 Å². The third-order valence-electron chi connectivity index (χ3n) is 1.52. The van der Waals surface area contributed by atoms with Crippen LogP contribution in [0.1, 0.15) is 9.67 Å². The Bertz CT molecular complexity index is 496. The maximum absolute atomic E-state index is 11.7. The molecule has 2 rings (SSSR count). The summed E-state index contributed by atoms with van der Waals surface area (Å²) in [6.07, 6.45) is 1.64. The lowest BCUT2D eigenvalue weighted by molar-refractivity contribution is 0.103. The van der Waals surface area contributed by atoms with Gasteiger partial charge in [0.25, 0.3) is 5.91 Å². The predicted molar refractivity (Wildman–Crippen MR) is 67.1 cm³/mol. The molecular weight excluding hydrogens is 320 g/mol. The van der Waals surface area contributed by atoms with Crippen LogP contribution in [0.15, 0.2) is 21.4 Å². The molecule has 0 fully saturated rings. The summed E-state index contributed by atoms with van der Waals surface area (Å²) < 4.78 is 0.870. The van der Waals surface area contributed by atoms with E-state index in [1.165, 1.54) is 22.7 Å². The summed E-state index contributed by atoms with van der Waals surface area (Å²) in [6.45, 7) is 0. The first-order chi connectivity index (χ1) is 7.16. The van der Waals surface area contributed by atoms with Crippen LogP contribution in [-0.4, -0.2) is 10.9 Å². The second kappa shape index (κ2) is 4.61. The highest BCUT2D eigenvalue weighted by Crippen LogP contribution is 2.26. The molecule has 0 bridgehead atoms. The SMILES string of the molecule is O=C(Nc1ncc(Br)s1)c1sccc1Cl. The van der Waals surface area contributed by atoms with Crippen molar-refractivity contribution in [2.75, 3.05) is 5.32 Å². The van der Waals surface area contributed by atoms with Crippen molar-refractivity contribution >= 4 is 61.2 Å². The van der Waals surface area contributed by atoms with Crippen LogP contribution in [-0.2, 0) is 0 Å². The quantitative estimate of drug-likeness (QED) is 0.911. The Morgan fingerprint density at radius 1 is 1.60 bits per heavy atom. The number of thiophene rings is 1. The number of nitrogens with zero attached hydrogens (tertiary/aromatic N) is 1. The van der Waals surface area contributed by atoms with Gasteiger partial charge in [-0.05, 0) is 27.4 Å². The number of hydrogen-bond acceptors (Lipinski definition) is 4. The molecule has 7 heteroatoms. The maximum Gasteiger partial charge on any atom is 0.269 e. The number of carbonyl (C=O) groups excluding carboxylic acids is 1. The molecule has 0 aromatic carbocycles. The lowest BCUT2D eigenvalue weighted by Crippen LogP contribution is -2.10. The Balaban J connectivity index is 2.14. The summed E-state index contributed by atoms with van der Waals surface area (Å²) in [5.74, 6) is -0.225. The average molecular weight is 324 g/mol. The zero-order valence-electron chi connectivity index (χ0n) is 7.16. The van der Waals surface area contributed by atoms with E-state index in [9.17, 15) is 4.79 Å². The molecule has 0 radical (unpaired) electrons. The van der Waals surface area contributed by atoms with Crippen molar-refractivity contribution in [1.82, 2.24) is 4.98 Å². The standard InChI is InChI=1S/C8H4BrClN2OS2/c9-5-3-11-8(15-5)12-7(13)6-4(10)1-2-14-6/h1-3H,(H,11,12,13). The summed E-state index contributed by atoms with van der Waals surface area (Å²) >= 11 is 11.8.